The average molecular weight is 514 g/mol. The highest BCUT2D eigenvalue weighted by Gasteiger charge is 2.32. The Kier molecular flexibility index (Phi) is 8.65. The molecule has 0 spiro atoms. The highest BCUT2D eigenvalue weighted by atomic mass is 32.2. The fraction of sp³-hybridized carbons (Fsp3) is 0.231. The summed E-state index contributed by atoms with van der Waals surface area (Å²) in [6.45, 7) is 1.04. The summed E-state index contributed by atoms with van der Waals surface area (Å²) in [6.07, 6.45) is 0. The lowest BCUT2D eigenvalue weighted by Gasteiger charge is -2.31. The maximum Gasteiger partial charge on any atom is 0.264 e. The Hall–Kier alpha value is -3.92. The first-order valence-corrected chi connectivity index (χ1v) is 12.6. The van der Waals surface area contributed by atoms with Crippen LogP contribution in [-0.2, 0) is 26.2 Å². The Balaban J connectivity index is 2.00. The molecule has 1 N–H and O–H groups in total. The van der Waals surface area contributed by atoms with Crippen molar-refractivity contribution in [3.05, 3.63) is 90.2 Å². The number of likely N-dealkylation sites (N-methyl/N-ethyl adjacent to an activating group) is 1. The molecule has 10 heteroatoms. The highest BCUT2D eigenvalue weighted by molar-refractivity contribution is 7.92. The van der Waals surface area contributed by atoms with E-state index in [2.05, 4.69) is 5.32 Å². The number of amides is 2. The largest absolute Gasteiger partial charge is 0.497 e. The zero-order valence-corrected chi connectivity index (χ0v) is 21.0. The third-order valence-corrected chi connectivity index (χ3v) is 7.41. The van der Waals surface area contributed by atoms with Crippen LogP contribution in [0, 0.1) is 5.82 Å². The number of hydrogen-bond donors (Lipinski definition) is 1. The van der Waals surface area contributed by atoms with E-state index in [4.69, 9.17) is 4.74 Å². The molecule has 2 amide bonds. The first-order chi connectivity index (χ1) is 17.2. The number of halogens is 1. The van der Waals surface area contributed by atoms with Crippen LogP contribution in [-0.4, -0.2) is 51.9 Å². The van der Waals surface area contributed by atoms with Gasteiger partial charge in [-0.1, -0.05) is 30.3 Å². The van der Waals surface area contributed by atoms with Gasteiger partial charge >= 0.3 is 0 Å². The first-order valence-electron chi connectivity index (χ1n) is 11.1. The standard InChI is InChI=1S/C26H28FN3O5S/c1-19(26(32)28-2)29(17-20-8-7-11-23(16-20)35-3)25(31)18-30(22-9-5-4-6-10-22)36(33,34)24-14-12-21(27)13-15-24/h4-16,19H,17-18H2,1-3H3,(H,28,32)/t19-/m1/s1. The molecule has 3 aromatic carbocycles. The lowest BCUT2D eigenvalue weighted by Crippen LogP contribution is -2.50. The number of methoxy groups -OCH3 is 1. The lowest BCUT2D eigenvalue weighted by atomic mass is 10.1. The monoisotopic (exact) mass is 513 g/mol. The Bertz CT molecular complexity index is 1300. The SMILES string of the molecule is CNC(=O)[C@@H](C)N(Cc1cccc(OC)c1)C(=O)CN(c1ccccc1)S(=O)(=O)c1ccc(F)cc1. The molecule has 3 rings (SSSR count). The molecule has 0 radical (unpaired) electrons. The van der Waals surface area contributed by atoms with Gasteiger partial charge in [-0.05, 0) is 61.0 Å². The molecular formula is C26H28FN3O5S. The van der Waals surface area contributed by atoms with Gasteiger partial charge in [0.05, 0.1) is 17.7 Å². The van der Waals surface area contributed by atoms with Crippen molar-refractivity contribution in [2.24, 2.45) is 0 Å². The number of rotatable bonds is 10. The Morgan fingerprint density at radius 1 is 1.00 bits per heavy atom. The summed E-state index contributed by atoms with van der Waals surface area (Å²) in [5, 5.41) is 2.53. The number of nitrogens with one attached hydrogen (secondary N) is 1. The number of nitrogens with zero attached hydrogens (tertiary/aromatic N) is 2. The summed E-state index contributed by atoms with van der Waals surface area (Å²) in [4.78, 5) is 27.3. The molecule has 0 fully saturated rings. The van der Waals surface area contributed by atoms with E-state index in [1.54, 1.807) is 61.5 Å². The van der Waals surface area contributed by atoms with E-state index in [0.29, 0.717) is 11.3 Å². The van der Waals surface area contributed by atoms with E-state index in [1.807, 2.05) is 0 Å². The van der Waals surface area contributed by atoms with E-state index in [0.717, 1.165) is 28.6 Å². The zero-order valence-electron chi connectivity index (χ0n) is 20.2. The molecule has 0 aliphatic carbocycles. The van der Waals surface area contributed by atoms with Crippen molar-refractivity contribution in [3.63, 3.8) is 0 Å². The molecule has 0 saturated heterocycles. The minimum atomic E-state index is -4.24. The molecule has 8 nitrogen and oxygen atoms in total. The van der Waals surface area contributed by atoms with Gasteiger partial charge in [0.2, 0.25) is 11.8 Å². The van der Waals surface area contributed by atoms with Crippen LogP contribution in [0.25, 0.3) is 0 Å². The number of carbonyl (C=O) groups excluding carboxylic acids is 2. The minimum Gasteiger partial charge on any atom is -0.497 e. The van der Waals surface area contributed by atoms with Gasteiger partial charge in [-0.3, -0.25) is 13.9 Å². The van der Waals surface area contributed by atoms with Crippen molar-refractivity contribution < 1.29 is 27.1 Å². The third kappa shape index (κ3) is 6.19. The molecule has 0 aliphatic rings. The Morgan fingerprint density at radius 2 is 1.67 bits per heavy atom. The van der Waals surface area contributed by atoms with E-state index in [1.165, 1.54) is 19.1 Å². The molecule has 190 valence electrons. The summed E-state index contributed by atoms with van der Waals surface area (Å²) in [5.74, 6) is -1.00. The molecule has 0 unspecified atom stereocenters. The Labute approximate surface area is 210 Å². The molecule has 0 aliphatic heterocycles. The number of carbonyl (C=O) groups is 2. The summed E-state index contributed by atoms with van der Waals surface area (Å²) in [5.41, 5.74) is 0.954. The van der Waals surface area contributed by atoms with Gasteiger partial charge < -0.3 is 15.0 Å². The van der Waals surface area contributed by atoms with Gasteiger partial charge in [0.25, 0.3) is 10.0 Å². The van der Waals surface area contributed by atoms with Gasteiger partial charge in [0.1, 0.15) is 24.2 Å². The molecular weight excluding hydrogens is 485 g/mol. The summed E-state index contributed by atoms with van der Waals surface area (Å²) >= 11 is 0. The van der Waals surface area contributed by atoms with E-state index in [9.17, 15) is 22.4 Å². The number of para-hydroxylation sites is 1. The van der Waals surface area contributed by atoms with Crippen LogP contribution in [0.4, 0.5) is 10.1 Å². The molecule has 0 saturated carbocycles. The summed E-state index contributed by atoms with van der Waals surface area (Å²) in [6, 6.07) is 18.6. The summed E-state index contributed by atoms with van der Waals surface area (Å²) < 4.78 is 46.7. The second-order valence-electron chi connectivity index (χ2n) is 7.96. The molecule has 36 heavy (non-hydrogen) atoms. The second-order valence-corrected chi connectivity index (χ2v) is 9.83. The van der Waals surface area contributed by atoms with Crippen LogP contribution in [0.5, 0.6) is 5.75 Å². The molecule has 0 heterocycles. The van der Waals surface area contributed by atoms with Crippen molar-refractivity contribution in [2.45, 2.75) is 24.4 Å². The van der Waals surface area contributed by atoms with E-state index >= 15 is 0 Å². The van der Waals surface area contributed by atoms with Crippen LogP contribution in [0.3, 0.4) is 0 Å². The summed E-state index contributed by atoms with van der Waals surface area (Å²) in [7, 11) is -1.25. The van der Waals surface area contributed by atoms with Crippen molar-refractivity contribution in [3.8, 4) is 5.75 Å². The van der Waals surface area contributed by atoms with E-state index in [-0.39, 0.29) is 17.1 Å². The van der Waals surface area contributed by atoms with Crippen LogP contribution in [0.1, 0.15) is 12.5 Å². The quantitative estimate of drug-likeness (QED) is 0.449. The normalized spacial score (nSPS) is 11.9. The smallest absolute Gasteiger partial charge is 0.264 e. The van der Waals surface area contributed by atoms with Gasteiger partial charge in [0, 0.05) is 13.6 Å². The Morgan fingerprint density at radius 3 is 2.28 bits per heavy atom. The number of anilines is 1. The maximum absolute atomic E-state index is 13.6. The molecule has 3 aromatic rings. The first kappa shape index (κ1) is 26.7. The average Bonchev–Trinajstić information content (AvgIpc) is 2.90. The van der Waals surface area contributed by atoms with Gasteiger partial charge in [-0.25, -0.2) is 12.8 Å². The van der Waals surface area contributed by atoms with Crippen LogP contribution >= 0.6 is 0 Å². The topological polar surface area (TPSA) is 96.0 Å². The fourth-order valence-corrected chi connectivity index (χ4v) is 5.03. The number of sulfonamides is 1. The number of benzene rings is 3. The van der Waals surface area contributed by atoms with Crippen LogP contribution in [0.2, 0.25) is 0 Å². The van der Waals surface area contributed by atoms with Crippen molar-refractivity contribution >= 4 is 27.5 Å². The van der Waals surface area contributed by atoms with Crippen LogP contribution < -0.4 is 14.4 Å². The molecule has 0 aromatic heterocycles. The third-order valence-electron chi connectivity index (χ3n) is 5.63. The predicted molar refractivity (Wildman–Crippen MR) is 134 cm³/mol. The van der Waals surface area contributed by atoms with Crippen molar-refractivity contribution in [1.29, 1.82) is 0 Å². The fourth-order valence-electron chi connectivity index (χ4n) is 3.62. The lowest BCUT2D eigenvalue weighted by molar-refractivity contribution is -0.139. The zero-order chi connectivity index (χ0) is 26.3. The van der Waals surface area contributed by atoms with E-state index < -0.39 is 40.2 Å². The van der Waals surface area contributed by atoms with Gasteiger partial charge in [-0.15, -0.1) is 0 Å². The highest BCUT2D eigenvalue weighted by Crippen LogP contribution is 2.25. The van der Waals surface area contributed by atoms with Crippen molar-refractivity contribution in [2.75, 3.05) is 25.0 Å². The molecule has 1 atom stereocenters. The second kappa shape index (κ2) is 11.7. The number of hydrogen-bond acceptors (Lipinski definition) is 5. The predicted octanol–water partition coefficient (Wildman–Crippen LogP) is 3.19. The van der Waals surface area contributed by atoms with Gasteiger partial charge in [-0.2, -0.15) is 0 Å². The van der Waals surface area contributed by atoms with Crippen LogP contribution in [0.15, 0.2) is 83.8 Å². The van der Waals surface area contributed by atoms with Gasteiger partial charge in [0.15, 0.2) is 0 Å². The minimum absolute atomic E-state index is 0.0455. The molecule has 0 bridgehead atoms. The number of ether oxygens (including phenoxy) is 1. The maximum atomic E-state index is 13.6. The van der Waals surface area contributed by atoms with Crippen molar-refractivity contribution in [1.82, 2.24) is 10.2 Å².